The van der Waals surface area contributed by atoms with Crippen molar-refractivity contribution >= 4 is 27.6 Å². The summed E-state index contributed by atoms with van der Waals surface area (Å²) in [6.07, 6.45) is 0. The van der Waals surface area contributed by atoms with E-state index < -0.39 is 0 Å². The van der Waals surface area contributed by atoms with E-state index in [1.165, 1.54) is 6.92 Å². The van der Waals surface area contributed by atoms with Gasteiger partial charge in [-0.1, -0.05) is 34.1 Å². The monoisotopic (exact) mass is 375 g/mol. The number of likely N-dealkylation sites (N-methyl/N-ethyl adjacent to an activating group) is 1. The highest BCUT2D eigenvalue weighted by Gasteiger charge is 2.11. The minimum atomic E-state index is -0.114. The van der Waals surface area contributed by atoms with Gasteiger partial charge < -0.3 is 9.64 Å². The predicted molar refractivity (Wildman–Crippen MR) is 92.6 cm³/mol. The van der Waals surface area contributed by atoms with Crippen molar-refractivity contribution < 1.29 is 14.3 Å². The van der Waals surface area contributed by atoms with Gasteiger partial charge in [-0.2, -0.15) is 0 Å². The van der Waals surface area contributed by atoms with Crippen LogP contribution in [-0.4, -0.2) is 30.2 Å². The van der Waals surface area contributed by atoms with Gasteiger partial charge in [0.2, 0.25) is 0 Å². The molecular weight excluding hydrogens is 358 g/mol. The van der Waals surface area contributed by atoms with E-state index in [1.807, 2.05) is 24.3 Å². The largest absolute Gasteiger partial charge is 0.484 e. The predicted octanol–water partition coefficient (Wildman–Crippen LogP) is 3.69. The molecule has 4 nitrogen and oxygen atoms in total. The van der Waals surface area contributed by atoms with Crippen LogP contribution in [0.15, 0.2) is 53.0 Å². The van der Waals surface area contributed by atoms with Crippen LogP contribution in [0.4, 0.5) is 0 Å². The van der Waals surface area contributed by atoms with Crippen molar-refractivity contribution in [2.75, 3.05) is 13.7 Å². The molecule has 0 radical (unpaired) electrons. The molecule has 0 aromatic heterocycles. The van der Waals surface area contributed by atoms with Gasteiger partial charge in [-0.3, -0.25) is 9.59 Å². The Bertz CT molecular complexity index is 698. The lowest BCUT2D eigenvalue weighted by molar-refractivity contribution is -0.132. The molecule has 0 atom stereocenters. The number of carbonyl (C=O) groups is 2. The summed E-state index contributed by atoms with van der Waals surface area (Å²) in [6.45, 7) is 1.98. The number of hydrogen-bond donors (Lipinski definition) is 0. The van der Waals surface area contributed by atoms with Crippen molar-refractivity contribution in [2.24, 2.45) is 0 Å². The Morgan fingerprint density at radius 3 is 2.35 bits per heavy atom. The normalized spacial score (nSPS) is 10.2. The number of nitrogens with zero attached hydrogens (tertiary/aromatic N) is 1. The number of Topliss-reactive ketones (excluding diaryl/α,β-unsaturated/α-hetero) is 1. The van der Waals surface area contributed by atoms with Gasteiger partial charge in [-0.15, -0.1) is 0 Å². The summed E-state index contributed by atoms with van der Waals surface area (Å²) in [5.41, 5.74) is 1.66. The van der Waals surface area contributed by atoms with Crippen LogP contribution in [0.5, 0.6) is 5.75 Å². The third-order valence-corrected chi connectivity index (χ3v) is 4.19. The summed E-state index contributed by atoms with van der Waals surface area (Å²) >= 11 is 3.47. The van der Waals surface area contributed by atoms with Gasteiger partial charge in [-0.25, -0.2) is 0 Å². The maximum Gasteiger partial charge on any atom is 0.260 e. The minimum Gasteiger partial charge on any atom is -0.484 e. The van der Waals surface area contributed by atoms with E-state index in [9.17, 15) is 9.59 Å². The molecule has 0 bridgehead atoms. The Labute approximate surface area is 144 Å². The quantitative estimate of drug-likeness (QED) is 0.723. The second-order valence-corrected chi connectivity index (χ2v) is 6.06. The van der Waals surface area contributed by atoms with Crippen LogP contribution in [0, 0.1) is 0 Å². The number of rotatable bonds is 6. The van der Waals surface area contributed by atoms with Crippen LogP contribution in [0.2, 0.25) is 0 Å². The van der Waals surface area contributed by atoms with Crippen LogP contribution in [-0.2, 0) is 11.3 Å². The molecule has 0 aliphatic rings. The molecule has 2 rings (SSSR count). The van der Waals surface area contributed by atoms with Crippen molar-refractivity contribution in [3.63, 3.8) is 0 Å². The second kappa shape index (κ2) is 7.92. The molecule has 0 N–H and O–H groups in total. The Morgan fingerprint density at radius 1 is 1.09 bits per heavy atom. The molecular formula is C18H18BrNO3. The van der Waals surface area contributed by atoms with E-state index in [0.717, 1.165) is 10.0 Å². The number of halogens is 1. The highest BCUT2D eigenvalue weighted by atomic mass is 79.9. The first-order valence-corrected chi connectivity index (χ1v) is 7.98. The fourth-order valence-electron chi connectivity index (χ4n) is 2.01. The average molecular weight is 376 g/mol. The molecule has 0 saturated heterocycles. The third kappa shape index (κ3) is 4.93. The van der Waals surface area contributed by atoms with E-state index in [1.54, 1.807) is 36.2 Å². The fraction of sp³-hybridized carbons (Fsp3) is 0.222. The van der Waals surface area contributed by atoms with Crippen molar-refractivity contribution in [1.82, 2.24) is 4.90 Å². The maximum absolute atomic E-state index is 12.1. The van der Waals surface area contributed by atoms with Crippen molar-refractivity contribution in [1.29, 1.82) is 0 Å². The third-order valence-electron chi connectivity index (χ3n) is 3.41. The highest BCUT2D eigenvalue weighted by Crippen LogP contribution is 2.17. The molecule has 1 amide bonds. The lowest BCUT2D eigenvalue weighted by Crippen LogP contribution is -2.31. The molecule has 0 saturated carbocycles. The summed E-state index contributed by atoms with van der Waals surface area (Å²) in [6, 6.07) is 14.5. The first-order chi connectivity index (χ1) is 11.0. The van der Waals surface area contributed by atoms with E-state index in [2.05, 4.69) is 15.9 Å². The van der Waals surface area contributed by atoms with Crippen LogP contribution in [0.1, 0.15) is 22.8 Å². The number of carbonyl (C=O) groups excluding carboxylic acids is 2. The highest BCUT2D eigenvalue weighted by molar-refractivity contribution is 9.10. The zero-order valence-corrected chi connectivity index (χ0v) is 14.7. The standard InChI is InChI=1S/C18H18BrNO3/c1-13(21)14-7-9-16(10-8-14)23-12-18(22)20(2)11-15-5-3-4-6-17(15)19/h3-10H,11-12H2,1-2H3. The SMILES string of the molecule is CC(=O)c1ccc(OCC(=O)N(C)Cc2ccccc2Br)cc1. The van der Waals surface area contributed by atoms with E-state index in [0.29, 0.717) is 17.9 Å². The first kappa shape index (κ1) is 17.2. The maximum atomic E-state index is 12.1. The van der Waals surface area contributed by atoms with E-state index in [-0.39, 0.29) is 18.3 Å². The molecule has 5 heteroatoms. The van der Waals surface area contributed by atoms with Gasteiger partial charge in [0, 0.05) is 23.6 Å². The van der Waals surface area contributed by atoms with E-state index >= 15 is 0 Å². The van der Waals surface area contributed by atoms with Gasteiger partial charge >= 0.3 is 0 Å². The molecule has 0 aliphatic heterocycles. The summed E-state index contributed by atoms with van der Waals surface area (Å²) in [5.74, 6) is 0.454. The lowest BCUT2D eigenvalue weighted by Gasteiger charge is -2.18. The zero-order valence-electron chi connectivity index (χ0n) is 13.1. The molecule has 0 aliphatic carbocycles. The van der Waals surface area contributed by atoms with Crippen LogP contribution < -0.4 is 4.74 Å². The minimum absolute atomic E-state index is 0.000739. The number of ether oxygens (including phenoxy) is 1. The Balaban J connectivity index is 1.89. The summed E-state index contributed by atoms with van der Waals surface area (Å²) < 4.78 is 6.45. The number of benzene rings is 2. The first-order valence-electron chi connectivity index (χ1n) is 7.18. The molecule has 0 fully saturated rings. The van der Waals surface area contributed by atoms with Crippen LogP contribution in [0.25, 0.3) is 0 Å². The van der Waals surface area contributed by atoms with Crippen molar-refractivity contribution in [3.05, 3.63) is 64.1 Å². The van der Waals surface area contributed by atoms with E-state index in [4.69, 9.17) is 4.74 Å². The van der Waals surface area contributed by atoms with Crippen molar-refractivity contribution in [2.45, 2.75) is 13.5 Å². The number of ketones is 1. The molecule has 0 heterocycles. The smallest absolute Gasteiger partial charge is 0.260 e. The van der Waals surface area contributed by atoms with Gasteiger partial charge in [-0.05, 0) is 42.8 Å². The number of hydrogen-bond acceptors (Lipinski definition) is 3. The zero-order chi connectivity index (χ0) is 16.8. The average Bonchev–Trinajstić information content (AvgIpc) is 2.55. The molecule has 120 valence electrons. The lowest BCUT2D eigenvalue weighted by atomic mass is 10.1. The van der Waals surface area contributed by atoms with Crippen LogP contribution >= 0.6 is 15.9 Å². The second-order valence-electron chi connectivity index (χ2n) is 5.21. The molecule has 0 unspecified atom stereocenters. The number of amides is 1. The van der Waals surface area contributed by atoms with Gasteiger partial charge in [0.1, 0.15) is 5.75 Å². The van der Waals surface area contributed by atoms with Gasteiger partial charge in [0.05, 0.1) is 0 Å². The summed E-state index contributed by atoms with van der Waals surface area (Å²) in [7, 11) is 1.74. The summed E-state index contributed by atoms with van der Waals surface area (Å²) in [4.78, 5) is 25.0. The van der Waals surface area contributed by atoms with Crippen LogP contribution in [0.3, 0.4) is 0 Å². The van der Waals surface area contributed by atoms with Crippen molar-refractivity contribution in [3.8, 4) is 5.75 Å². The fourth-order valence-corrected chi connectivity index (χ4v) is 2.42. The Morgan fingerprint density at radius 2 is 1.74 bits per heavy atom. The molecule has 23 heavy (non-hydrogen) atoms. The van der Waals surface area contributed by atoms with Gasteiger partial charge in [0.25, 0.3) is 5.91 Å². The molecule has 2 aromatic rings. The molecule has 0 spiro atoms. The Hall–Kier alpha value is -2.14. The topological polar surface area (TPSA) is 46.6 Å². The Kier molecular flexibility index (Phi) is 5.93. The van der Waals surface area contributed by atoms with Gasteiger partial charge in [0.15, 0.2) is 12.4 Å². The molecule has 2 aromatic carbocycles. The summed E-state index contributed by atoms with van der Waals surface area (Å²) in [5, 5.41) is 0.